The maximum atomic E-state index is 5.33. The molecule has 3 heterocycles. The summed E-state index contributed by atoms with van der Waals surface area (Å²) in [5.74, 6) is 1.92. The van der Waals surface area contributed by atoms with Gasteiger partial charge < -0.3 is 19.1 Å². The minimum Gasteiger partial charge on any atom is -0.469 e. The Morgan fingerprint density at radius 2 is 1.58 bits per heavy atom. The standard InChI is InChI=1S/C15H16N2O2/c1-3-14(18-7-1)9-12-5-6-13(17-12)10-16-11-15-4-2-8-19-15/h1-8,16-17H,9-11H2. The highest BCUT2D eigenvalue weighted by Crippen LogP contribution is 2.10. The van der Waals surface area contributed by atoms with Gasteiger partial charge in [-0.1, -0.05) is 0 Å². The summed E-state index contributed by atoms with van der Waals surface area (Å²) in [6.45, 7) is 1.53. The van der Waals surface area contributed by atoms with Crippen molar-refractivity contribution in [1.29, 1.82) is 0 Å². The van der Waals surface area contributed by atoms with Gasteiger partial charge in [0.05, 0.1) is 19.1 Å². The van der Waals surface area contributed by atoms with Crippen LogP contribution < -0.4 is 5.32 Å². The molecule has 3 rings (SSSR count). The van der Waals surface area contributed by atoms with Crippen LogP contribution in [0.15, 0.2) is 57.8 Å². The molecule has 98 valence electrons. The molecule has 0 unspecified atom stereocenters. The summed E-state index contributed by atoms with van der Waals surface area (Å²) < 4.78 is 10.6. The molecule has 0 spiro atoms. The molecule has 0 aromatic carbocycles. The van der Waals surface area contributed by atoms with Gasteiger partial charge in [-0.15, -0.1) is 0 Å². The van der Waals surface area contributed by atoms with Crippen LogP contribution in [0.25, 0.3) is 0 Å². The molecule has 0 aliphatic rings. The first-order valence-electron chi connectivity index (χ1n) is 6.32. The summed E-state index contributed by atoms with van der Waals surface area (Å²) in [6.07, 6.45) is 4.18. The quantitative estimate of drug-likeness (QED) is 0.712. The van der Waals surface area contributed by atoms with E-state index in [9.17, 15) is 0 Å². The van der Waals surface area contributed by atoms with E-state index in [2.05, 4.69) is 22.4 Å². The lowest BCUT2D eigenvalue weighted by Gasteiger charge is -2.00. The Labute approximate surface area is 111 Å². The van der Waals surface area contributed by atoms with E-state index in [0.717, 1.165) is 42.4 Å². The van der Waals surface area contributed by atoms with Gasteiger partial charge in [-0.2, -0.15) is 0 Å². The molecular formula is C15H16N2O2. The molecule has 0 aliphatic heterocycles. The van der Waals surface area contributed by atoms with Crippen LogP contribution in [0.2, 0.25) is 0 Å². The predicted octanol–water partition coefficient (Wildman–Crippen LogP) is 3.08. The molecule has 0 amide bonds. The van der Waals surface area contributed by atoms with Crippen molar-refractivity contribution >= 4 is 0 Å². The molecule has 3 aromatic heterocycles. The summed E-state index contributed by atoms with van der Waals surface area (Å²) in [5.41, 5.74) is 2.32. The van der Waals surface area contributed by atoms with Gasteiger partial charge in [0.15, 0.2) is 0 Å². The van der Waals surface area contributed by atoms with Crippen molar-refractivity contribution in [3.63, 3.8) is 0 Å². The average molecular weight is 256 g/mol. The van der Waals surface area contributed by atoms with E-state index in [-0.39, 0.29) is 0 Å². The molecule has 0 aliphatic carbocycles. The number of aromatic nitrogens is 1. The first-order chi connectivity index (χ1) is 9.40. The fourth-order valence-corrected chi connectivity index (χ4v) is 2.03. The fraction of sp³-hybridized carbons (Fsp3) is 0.200. The summed E-state index contributed by atoms with van der Waals surface area (Å²) in [6, 6.07) is 11.9. The molecule has 19 heavy (non-hydrogen) atoms. The van der Waals surface area contributed by atoms with Gasteiger partial charge in [0.25, 0.3) is 0 Å². The molecule has 0 radical (unpaired) electrons. The zero-order chi connectivity index (χ0) is 12.9. The van der Waals surface area contributed by atoms with E-state index in [1.54, 1.807) is 12.5 Å². The van der Waals surface area contributed by atoms with E-state index in [1.165, 1.54) is 0 Å². The highest BCUT2D eigenvalue weighted by atomic mass is 16.3. The molecule has 0 saturated heterocycles. The Morgan fingerprint density at radius 3 is 2.32 bits per heavy atom. The smallest absolute Gasteiger partial charge is 0.117 e. The highest BCUT2D eigenvalue weighted by molar-refractivity contribution is 5.18. The van der Waals surface area contributed by atoms with Crippen molar-refractivity contribution in [3.8, 4) is 0 Å². The van der Waals surface area contributed by atoms with Crippen LogP contribution in [0.5, 0.6) is 0 Å². The predicted molar refractivity (Wildman–Crippen MR) is 71.6 cm³/mol. The number of hydrogen-bond donors (Lipinski definition) is 2. The zero-order valence-corrected chi connectivity index (χ0v) is 10.6. The lowest BCUT2D eigenvalue weighted by molar-refractivity contribution is 0.482. The lowest BCUT2D eigenvalue weighted by Crippen LogP contribution is -2.12. The molecule has 2 N–H and O–H groups in total. The number of nitrogens with one attached hydrogen (secondary N) is 2. The fourth-order valence-electron chi connectivity index (χ4n) is 2.03. The molecule has 0 atom stereocenters. The highest BCUT2D eigenvalue weighted by Gasteiger charge is 2.02. The van der Waals surface area contributed by atoms with Crippen LogP contribution in [0.4, 0.5) is 0 Å². The maximum Gasteiger partial charge on any atom is 0.117 e. The Kier molecular flexibility index (Phi) is 3.51. The normalized spacial score (nSPS) is 10.9. The van der Waals surface area contributed by atoms with Gasteiger partial charge in [0.1, 0.15) is 11.5 Å². The van der Waals surface area contributed by atoms with Crippen molar-refractivity contribution < 1.29 is 8.83 Å². The Hall–Kier alpha value is -2.20. The number of aromatic amines is 1. The Balaban J connectivity index is 1.50. The lowest BCUT2D eigenvalue weighted by atomic mass is 10.2. The van der Waals surface area contributed by atoms with Crippen molar-refractivity contribution in [2.45, 2.75) is 19.5 Å². The van der Waals surface area contributed by atoms with Crippen LogP contribution in [0.1, 0.15) is 22.9 Å². The van der Waals surface area contributed by atoms with Crippen LogP contribution in [0.3, 0.4) is 0 Å². The topological polar surface area (TPSA) is 54.1 Å². The van der Waals surface area contributed by atoms with Gasteiger partial charge in [-0.25, -0.2) is 0 Å². The second-order valence-corrected chi connectivity index (χ2v) is 4.45. The molecule has 0 bridgehead atoms. The van der Waals surface area contributed by atoms with Crippen LogP contribution in [-0.4, -0.2) is 4.98 Å². The number of rotatable bonds is 6. The molecular weight excluding hydrogens is 240 g/mol. The molecule has 3 aromatic rings. The average Bonchev–Trinajstić information content (AvgIpc) is 3.12. The van der Waals surface area contributed by atoms with E-state index < -0.39 is 0 Å². The van der Waals surface area contributed by atoms with Gasteiger partial charge in [-0.3, -0.25) is 0 Å². The van der Waals surface area contributed by atoms with Crippen LogP contribution in [0, 0.1) is 0 Å². The summed E-state index contributed by atoms with van der Waals surface area (Å²) in [4.78, 5) is 3.38. The molecule has 4 nitrogen and oxygen atoms in total. The van der Waals surface area contributed by atoms with E-state index in [0.29, 0.717) is 0 Å². The van der Waals surface area contributed by atoms with E-state index >= 15 is 0 Å². The first-order valence-corrected chi connectivity index (χ1v) is 6.32. The summed E-state index contributed by atoms with van der Waals surface area (Å²) in [5, 5.41) is 3.33. The summed E-state index contributed by atoms with van der Waals surface area (Å²) >= 11 is 0. The third-order valence-electron chi connectivity index (χ3n) is 2.95. The SMILES string of the molecule is c1coc(CNCc2ccc(Cc3ccco3)[nH]2)c1. The summed E-state index contributed by atoms with van der Waals surface area (Å²) in [7, 11) is 0. The van der Waals surface area contributed by atoms with E-state index in [4.69, 9.17) is 8.83 Å². The third kappa shape index (κ3) is 3.17. The second-order valence-electron chi connectivity index (χ2n) is 4.45. The maximum absolute atomic E-state index is 5.33. The second kappa shape index (κ2) is 5.63. The van der Waals surface area contributed by atoms with Crippen LogP contribution >= 0.6 is 0 Å². The van der Waals surface area contributed by atoms with Gasteiger partial charge in [0, 0.05) is 24.4 Å². The van der Waals surface area contributed by atoms with E-state index in [1.807, 2.05) is 24.3 Å². The minimum atomic E-state index is 0.736. The van der Waals surface area contributed by atoms with Crippen molar-refractivity contribution in [2.75, 3.05) is 0 Å². The van der Waals surface area contributed by atoms with Crippen molar-refractivity contribution in [1.82, 2.24) is 10.3 Å². The molecule has 0 saturated carbocycles. The van der Waals surface area contributed by atoms with Crippen molar-refractivity contribution in [3.05, 3.63) is 71.8 Å². The Bertz CT molecular complexity index is 594. The van der Waals surface area contributed by atoms with Gasteiger partial charge in [0.2, 0.25) is 0 Å². The van der Waals surface area contributed by atoms with Gasteiger partial charge in [-0.05, 0) is 36.4 Å². The number of H-pyrrole nitrogens is 1. The first kappa shape index (κ1) is 11.9. The third-order valence-corrected chi connectivity index (χ3v) is 2.95. The molecule has 0 fully saturated rings. The minimum absolute atomic E-state index is 0.736. The number of furan rings is 2. The van der Waals surface area contributed by atoms with Crippen molar-refractivity contribution in [2.24, 2.45) is 0 Å². The molecule has 4 heteroatoms. The Morgan fingerprint density at radius 1 is 0.842 bits per heavy atom. The largest absolute Gasteiger partial charge is 0.469 e. The zero-order valence-electron chi connectivity index (χ0n) is 10.6. The monoisotopic (exact) mass is 256 g/mol. The van der Waals surface area contributed by atoms with Gasteiger partial charge >= 0.3 is 0 Å². The number of hydrogen-bond acceptors (Lipinski definition) is 3. The van der Waals surface area contributed by atoms with Crippen LogP contribution in [-0.2, 0) is 19.5 Å².